The summed E-state index contributed by atoms with van der Waals surface area (Å²) in [6, 6.07) is 22.5. The first-order chi connectivity index (χ1) is 17.9. The SMILES string of the molecule is c1ccc(-c2nccn2-c2c(C3CCCCC3)cc(C3CCCCC3)c3c2sc2ccccc23)cc1. The van der Waals surface area contributed by atoms with Gasteiger partial charge in [-0.2, -0.15) is 0 Å². The molecule has 0 N–H and O–H groups in total. The van der Waals surface area contributed by atoms with Crippen LogP contribution in [0, 0.1) is 0 Å². The van der Waals surface area contributed by atoms with E-state index in [1.165, 1.54) is 95.6 Å². The van der Waals surface area contributed by atoms with E-state index in [2.05, 4.69) is 71.4 Å². The van der Waals surface area contributed by atoms with Gasteiger partial charge in [0.25, 0.3) is 0 Å². The molecule has 2 saturated carbocycles. The lowest BCUT2D eigenvalue weighted by Gasteiger charge is -2.29. The number of fused-ring (bicyclic) bond motifs is 3. The second-order valence-corrected chi connectivity index (χ2v) is 11.9. The molecule has 2 aliphatic carbocycles. The Balaban J connectivity index is 1.56. The summed E-state index contributed by atoms with van der Waals surface area (Å²) in [4.78, 5) is 4.89. The summed E-state index contributed by atoms with van der Waals surface area (Å²) in [7, 11) is 0. The minimum Gasteiger partial charge on any atom is -0.298 e. The highest BCUT2D eigenvalue weighted by Crippen LogP contribution is 2.49. The van der Waals surface area contributed by atoms with E-state index in [1.807, 2.05) is 17.5 Å². The normalized spacial score (nSPS) is 17.8. The fraction of sp³-hybridized carbons (Fsp3) is 0.364. The largest absolute Gasteiger partial charge is 0.298 e. The van der Waals surface area contributed by atoms with Crippen LogP contribution < -0.4 is 0 Å². The molecule has 0 unspecified atom stereocenters. The van der Waals surface area contributed by atoms with E-state index in [0.717, 1.165) is 5.82 Å². The van der Waals surface area contributed by atoms with Crippen LogP contribution in [0.1, 0.15) is 87.2 Å². The van der Waals surface area contributed by atoms with Crippen LogP contribution in [0.3, 0.4) is 0 Å². The minimum atomic E-state index is 0.636. The van der Waals surface area contributed by atoms with E-state index < -0.39 is 0 Å². The molecule has 0 atom stereocenters. The number of hydrogen-bond donors (Lipinski definition) is 0. The zero-order valence-corrected chi connectivity index (χ0v) is 21.8. The van der Waals surface area contributed by atoms with Crippen LogP contribution in [0.15, 0.2) is 73.1 Å². The van der Waals surface area contributed by atoms with Crippen LogP contribution >= 0.6 is 11.3 Å². The lowest BCUT2D eigenvalue weighted by atomic mass is 9.78. The number of aromatic nitrogens is 2. The van der Waals surface area contributed by atoms with Crippen LogP contribution in [0.4, 0.5) is 0 Å². The Morgan fingerprint density at radius 1 is 0.722 bits per heavy atom. The lowest BCUT2D eigenvalue weighted by molar-refractivity contribution is 0.436. The van der Waals surface area contributed by atoms with Crippen molar-refractivity contribution in [1.82, 2.24) is 9.55 Å². The average molecular weight is 491 g/mol. The van der Waals surface area contributed by atoms with Gasteiger partial charge in [0.2, 0.25) is 0 Å². The molecule has 5 aromatic rings. The topological polar surface area (TPSA) is 17.8 Å². The molecule has 0 aliphatic heterocycles. The van der Waals surface area contributed by atoms with Gasteiger partial charge in [0, 0.05) is 33.4 Å². The van der Waals surface area contributed by atoms with Crippen molar-refractivity contribution in [3.05, 3.63) is 84.2 Å². The molecular formula is C33H34N2S. The van der Waals surface area contributed by atoms with Crippen molar-refractivity contribution in [2.24, 2.45) is 0 Å². The Morgan fingerprint density at radius 2 is 1.39 bits per heavy atom. The lowest BCUT2D eigenvalue weighted by Crippen LogP contribution is -2.12. The third-order valence-corrected chi connectivity index (χ3v) is 9.86. The Kier molecular flexibility index (Phi) is 5.90. The number of imidazole rings is 1. The van der Waals surface area contributed by atoms with E-state index in [9.17, 15) is 0 Å². The highest BCUT2D eigenvalue weighted by molar-refractivity contribution is 7.26. The van der Waals surface area contributed by atoms with Gasteiger partial charge in [0.15, 0.2) is 0 Å². The third-order valence-electron chi connectivity index (χ3n) is 8.69. The first-order valence-electron chi connectivity index (χ1n) is 14.0. The monoisotopic (exact) mass is 490 g/mol. The Labute approximate surface area is 218 Å². The molecule has 2 aromatic heterocycles. The molecule has 0 spiro atoms. The molecule has 36 heavy (non-hydrogen) atoms. The van der Waals surface area contributed by atoms with E-state index in [1.54, 1.807) is 11.1 Å². The Hall–Kier alpha value is -2.91. The second kappa shape index (κ2) is 9.52. The Morgan fingerprint density at radius 3 is 2.14 bits per heavy atom. The quantitative estimate of drug-likeness (QED) is 0.245. The maximum Gasteiger partial charge on any atom is 0.144 e. The first-order valence-corrected chi connectivity index (χ1v) is 14.8. The molecule has 0 amide bonds. The molecule has 0 bridgehead atoms. The van der Waals surface area contributed by atoms with E-state index in [-0.39, 0.29) is 0 Å². The van der Waals surface area contributed by atoms with Gasteiger partial charge in [0.1, 0.15) is 5.82 Å². The van der Waals surface area contributed by atoms with Crippen molar-refractivity contribution >= 4 is 31.5 Å². The van der Waals surface area contributed by atoms with Crippen LogP contribution in [-0.2, 0) is 0 Å². The van der Waals surface area contributed by atoms with E-state index in [0.29, 0.717) is 11.8 Å². The summed E-state index contributed by atoms with van der Waals surface area (Å²) in [5.74, 6) is 2.38. The van der Waals surface area contributed by atoms with Gasteiger partial charge < -0.3 is 0 Å². The van der Waals surface area contributed by atoms with Gasteiger partial charge in [-0.25, -0.2) is 4.98 Å². The predicted molar refractivity (Wildman–Crippen MR) is 154 cm³/mol. The molecule has 3 aromatic carbocycles. The third kappa shape index (κ3) is 3.80. The fourth-order valence-corrected chi connectivity index (χ4v) is 8.22. The van der Waals surface area contributed by atoms with E-state index >= 15 is 0 Å². The highest BCUT2D eigenvalue weighted by atomic mass is 32.1. The second-order valence-electron chi connectivity index (χ2n) is 10.9. The number of hydrogen-bond acceptors (Lipinski definition) is 2. The van der Waals surface area contributed by atoms with Crippen molar-refractivity contribution in [3.8, 4) is 17.1 Å². The van der Waals surface area contributed by atoms with Gasteiger partial charge in [0.05, 0.1) is 10.4 Å². The summed E-state index contributed by atoms with van der Waals surface area (Å²) in [6.45, 7) is 0. The molecule has 7 rings (SSSR count). The molecule has 2 heterocycles. The predicted octanol–water partition coefficient (Wildman–Crippen LogP) is 10.0. The maximum absolute atomic E-state index is 4.89. The van der Waals surface area contributed by atoms with Crippen LogP contribution in [0.2, 0.25) is 0 Å². The zero-order valence-electron chi connectivity index (χ0n) is 21.0. The summed E-state index contributed by atoms with van der Waals surface area (Å²) in [5.41, 5.74) is 5.79. The molecule has 3 heteroatoms. The smallest absolute Gasteiger partial charge is 0.144 e. The summed E-state index contributed by atoms with van der Waals surface area (Å²) in [6.07, 6.45) is 17.7. The average Bonchev–Trinajstić information content (AvgIpc) is 3.59. The van der Waals surface area contributed by atoms with E-state index in [4.69, 9.17) is 4.98 Å². The van der Waals surface area contributed by atoms with Crippen LogP contribution in [-0.4, -0.2) is 9.55 Å². The molecular weight excluding hydrogens is 456 g/mol. The van der Waals surface area contributed by atoms with Crippen molar-refractivity contribution in [1.29, 1.82) is 0 Å². The standard InChI is InChI=1S/C33H34N2S/c1-4-12-23(13-5-1)27-22-28(24-14-6-2-7-15-24)31(32-30(27)26-18-10-11-19-29(26)36-32)35-21-20-34-33(35)25-16-8-3-9-17-25/h3,8-11,16-24H,1-2,4-7,12-15H2. The van der Waals surface area contributed by atoms with Gasteiger partial charge in [-0.05, 0) is 54.7 Å². The van der Waals surface area contributed by atoms with Gasteiger partial charge in [-0.3, -0.25) is 4.57 Å². The van der Waals surface area contributed by atoms with Crippen LogP contribution in [0.25, 0.3) is 37.2 Å². The molecule has 0 radical (unpaired) electrons. The van der Waals surface area contributed by atoms with Gasteiger partial charge in [-0.15, -0.1) is 11.3 Å². The fourth-order valence-electron chi connectivity index (χ4n) is 6.93. The summed E-state index contributed by atoms with van der Waals surface area (Å²) >= 11 is 2.00. The first kappa shape index (κ1) is 22.3. The van der Waals surface area contributed by atoms with Gasteiger partial charge in [-0.1, -0.05) is 93.1 Å². The summed E-state index contributed by atoms with van der Waals surface area (Å²) in [5, 5.41) is 2.96. The van der Waals surface area contributed by atoms with Crippen molar-refractivity contribution in [3.63, 3.8) is 0 Å². The number of thiophene rings is 1. The zero-order chi connectivity index (χ0) is 23.9. The number of nitrogens with zero attached hydrogens (tertiary/aromatic N) is 2. The van der Waals surface area contributed by atoms with Crippen molar-refractivity contribution in [2.75, 3.05) is 0 Å². The minimum absolute atomic E-state index is 0.636. The number of rotatable bonds is 4. The number of benzene rings is 3. The van der Waals surface area contributed by atoms with Crippen LogP contribution in [0.5, 0.6) is 0 Å². The Bertz CT molecular complexity index is 1500. The van der Waals surface area contributed by atoms with Crippen molar-refractivity contribution in [2.45, 2.75) is 76.0 Å². The molecule has 182 valence electrons. The molecule has 2 fully saturated rings. The summed E-state index contributed by atoms with van der Waals surface area (Å²) < 4.78 is 5.30. The maximum atomic E-state index is 4.89. The molecule has 2 nitrogen and oxygen atoms in total. The highest BCUT2D eigenvalue weighted by Gasteiger charge is 2.28. The van der Waals surface area contributed by atoms with Gasteiger partial charge >= 0.3 is 0 Å². The molecule has 2 aliphatic rings. The molecule has 0 saturated heterocycles. The van der Waals surface area contributed by atoms with Crippen molar-refractivity contribution < 1.29 is 0 Å².